The van der Waals surface area contributed by atoms with Crippen LogP contribution in [0.1, 0.15) is 29.8 Å². The first-order valence-corrected chi connectivity index (χ1v) is 8.06. The van der Waals surface area contributed by atoms with Crippen LogP contribution in [0, 0.1) is 0 Å². The van der Waals surface area contributed by atoms with E-state index in [2.05, 4.69) is 10.6 Å². The van der Waals surface area contributed by atoms with Crippen molar-refractivity contribution in [3.8, 4) is 0 Å². The predicted octanol–water partition coefficient (Wildman–Crippen LogP) is 2.41. The highest BCUT2D eigenvalue weighted by molar-refractivity contribution is 6.08. The van der Waals surface area contributed by atoms with Crippen LogP contribution in [-0.2, 0) is 10.3 Å². The number of benzene rings is 2. The van der Waals surface area contributed by atoms with Crippen LogP contribution in [-0.4, -0.2) is 24.4 Å². The van der Waals surface area contributed by atoms with Gasteiger partial charge in [-0.3, -0.25) is 14.9 Å². The van der Waals surface area contributed by atoms with E-state index in [0.717, 1.165) is 5.69 Å². The van der Waals surface area contributed by atoms with Crippen molar-refractivity contribution in [3.05, 3.63) is 65.7 Å². The molecular weight excluding hydrogens is 318 g/mol. The van der Waals surface area contributed by atoms with E-state index in [9.17, 15) is 14.4 Å². The molecule has 1 fully saturated rings. The molecule has 4 amide bonds. The van der Waals surface area contributed by atoms with E-state index in [1.54, 1.807) is 36.1 Å². The summed E-state index contributed by atoms with van der Waals surface area (Å²) in [6.45, 7) is 4.04. The monoisotopic (exact) mass is 337 g/mol. The van der Waals surface area contributed by atoms with Gasteiger partial charge in [0.2, 0.25) is 0 Å². The maximum Gasteiger partial charge on any atom is 0.322 e. The highest BCUT2D eigenvalue weighted by atomic mass is 16.2. The van der Waals surface area contributed by atoms with Gasteiger partial charge in [-0.2, -0.15) is 0 Å². The first-order chi connectivity index (χ1) is 12.0. The Bertz CT molecular complexity index is 835. The van der Waals surface area contributed by atoms with Crippen LogP contribution in [0.4, 0.5) is 10.5 Å². The Hall–Kier alpha value is -3.15. The lowest BCUT2D eigenvalue weighted by molar-refractivity contribution is -0.123. The molecule has 1 aliphatic heterocycles. The number of para-hydroxylation sites is 1. The third kappa shape index (κ3) is 2.98. The lowest BCUT2D eigenvalue weighted by Gasteiger charge is -2.24. The molecule has 128 valence electrons. The normalized spacial score (nSPS) is 19.3. The van der Waals surface area contributed by atoms with Crippen LogP contribution < -0.4 is 15.5 Å². The number of carbonyl (C=O) groups is 3. The zero-order chi connectivity index (χ0) is 18.0. The van der Waals surface area contributed by atoms with Crippen LogP contribution in [0.15, 0.2) is 54.6 Å². The van der Waals surface area contributed by atoms with E-state index in [-0.39, 0.29) is 5.91 Å². The van der Waals surface area contributed by atoms with Crippen molar-refractivity contribution in [2.24, 2.45) is 0 Å². The van der Waals surface area contributed by atoms with E-state index >= 15 is 0 Å². The van der Waals surface area contributed by atoms with Gasteiger partial charge in [0.25, 0.3) is 11.8 Å². The minimum absolute atomic E-state index is 0.163. The van der Waals surface area contributed by atoms with E-state index in [1.165, 1.54) is 0 Å². The van der Waals surface area contributed by atoms with Gasteiger partial charge in [-0.15, -0.1) is 0 Å². The topological polar surface area (TPSA) is 78.5 Å². The van der Waals surface area contributed by atoms with E-state index < -0.39 is 17.5 Å². The van der Waals surface area contributed by atoms with E-state index in [4.69, 9.17) is 0 Å². The van der Waals surface area contributed by atoms with Crippen molar-refractivity contribution >= 4 is 23.5 Å². The van der Waals surface area contributed by atoms with Gasteiger partial charge >= 0.3 is 6.03 Å². The fourth-order valence-electron chi connectivity index (χ4n) is 2.92. The molecular formula is C19H19N3O3. The van der Waals surface area contributed by atoms with Gasteiger partial charge < -0.3 is 10.2 Å². The largest absolute Gasteiger partial charge is 0.322 e. The van der Waals surface area contributed by atoms with Crippen LogP contribution in [0.2, 0.25) is 0 Å². The molecule has 2 aromatic rings. The summed E-state index contributed by atoms with van der Waals surface area (Å²) in [6.07, 6.45) is 0. The number of carbonyl (C=O) groups excluding carboxylic acids is 3. The zero-order valence-corrected chi connectivity index (χ0v) is 14.1. The van der Waals surface area contributed by atoms with Crippen molar-refractivity contribution in [1.82, 2.24) is 10.6 Å². The molecule has 3 rings (SSSR count). The third-order valence-corrected chi connectivity index (χ3v) is 4.36. The quantitative estimate of drug-likeness (QED) is 0.841. The minimum atomic E-state index is -1.18. The molecule has 1 heterocycles. The number of amides is 4. The number of hydrogen-bond acceptors (Lipinski definition) is 3. The summed E-state index contributed by atoms with van der Waals surface area (Å²) in [6, 6.07) is 15.6. The SMILES string of the molecule is CCN(C(=O)c1cccc([C@@]2(C)NC(=O)NC2=O)c1)c1ccccc1. The fraction of sp³-hybridized carbons (Fsp3) is 0.211. The molecule has 6 nitrogen and oxygen atoms in total. The lowest BCUT2D eigenvalue weighted by atomic mass is 9.91. The van der Waals surface area contributed by atoms with Gasteiger partial charge in [0.1, 0.15) is 5.54 Å². The lowest BCUT2D eigenvalue weighted by Crippen LogP contribution is -2.40. The highest BCUT2D eigenvalue weighted by Gasteiger charge is 2.43. The number of nitrogens with zero attached hydrogens (tertiary/aromatic N) is 1. The van der Waals surface area contributed by atoms with Gasteiger partial charge in [-0.1, -0.05) is 30.3 Å². The number of rotatable bonds is 4. The second-order valence-electron chi connectivity index (χ2n) is 6.00. The summed E-state index contributed by atoms with van der Waals surface area (Å²) in [4.78, 5) is 38.2. The van der Waals surface area contributed by atoms with Crippen molar-refractivity contribution in [2.45, 2.75) is 19.4 Å². The summed E-state index contributed by atoms with van der Waals surface area (Å²) >= 11 is 0. The highest BCUT2D eigenvalue weighted by Crippen LogP contribution is 2.26. The molecule has 0 unspecified atom stereocenters. The molecule has 0 saturated carbocycles. The Morgan fingerprint density at radius 1 is 1.08 bits per heavy atom. The maximum atomic E-state index is 12.9. The van der Waals surface area contributed by atoms with Gasteiger partial charge in [0, 0.05) is 17.8 Å². The zero-order valence-electron chi connectivity index (χ0n) is 14.1. The van der Waals surface area contributed by atoms with E-state index in [0.29, 0.717) is 17.7 Å². The smallest absolute Gasteiger partial charge is 0.320 e. The molecule has 2 N–H and O–H groups in total. The number of anilines is 1. The number of urea groups is 1. The van der Waals surface area contributed by atoms with Gasteiger partial charge in [-0.25, -0.2) is 4.79 Å². The minimum Gasteiger partial charge on any atom is -0.320 e. The average Bonchev–Trinajstić information content (AvgIpc) is 2.89. The molecule has 0 spiro atoms. The Balaban J connectivity index is 1.95. The van der Waals surface area contributed by atoms with Crippen LogP contribution >= 0.6 is 0 Å². The average molecular weight is 337 g/mol. The molecule has 0 radical (unpaired) electrons. The molecule has 1 saturated heterocycles. The first-order valence-electron chi connectivity index (χ1n) is 8.06. The molecule has 1 aliphatic rings. The Kier molecular flexibility index (Phi) is 4.27. The van der Waals surface area contributed by atoms with Gasteiger partial charge in [0.15, 0.2) is 0 Å². The van der Waals surface area contributed by atoms with E-state index in [1.807, 2.05) is 37.3 Å². The summed E-state index contributed by atoms with van der Waals surface area (Å²) in [5, 5.41) is 4.84. The fourth-order valence-corrected chi connectivity index (χ4v) is 2.92. The Morgan fingerprint density at radius 2 is 1.80 bits per heavy atom. The molecule has 0 aromatic heterocycles. The Morgan fingerprint density at radius 3 is 2.40 bits per heavy atom. The Labute approximate surface area is 145 Å². The molecule has 0 aliphatic carbocycles. The van der Waals surface area contributed by atoms with Gasteiger partial charge in [0.05, 0.1) is 0 Å². The molecule has 1 atom stereocenters. The predicted molar refractivity (Wildman–Crippen MR) is 94.3 cm³/mol. The second kappa shape index (κ2) is 6.39. The second-order valence-corrected chi connectivity index (χ2v) is 6.00. The maximum absolute atomic E-state index is 12.9. The first kappa shape index (κ1) is 16.7. The summed E-state index contributed by atoms with van der Waals surface area (Å²) in [5.74, 6) is -0.596. The molecule has 0 bridgehead atoms. The summed E-state index contributed by atoms with van der Waals surface area (Å²) in [5.41, 5.74) is 0.639. The van der Waals surface area contributed by atoms with Crippen LogP contribution in [0.25, 0.3) is 0 Å². The molecule has 2 aromatic carbocycles. The van der Waals surface area contributed by atoms with Crippen molar-refractivity contribution in [1.29, 1.82) is 0 Å². The van der Waals surface area contributed by atoms with Crippen LogP contribution in [0.3, 0.4) is 0 Å². The van der Waals surface area contributed by atoms with Crippen molar-refractivity contribution < 1.29 is 14.4 Å². The van der Waals surface area contributed by atoms with Gasteiger partial charge in [-0.05, 0) is 43.7 Å². The molecule has 25 heavy (non-hydrogen) atoms. The summed E-state index contributed by atoms with van der Waals surface area (Å²) in [7, 11) is 0. The number of hydrogen-bond donors (Lipinski definition) is 2. The van der Waals surface area contributed by atoms with Crippen molar-refractivity contribution in [3.63, 3.8) is 0 Å². The summed E-state index contributed by atoms with van der Waals surface area (Å²) < 4.78 is 0. The third-order valence-electron chi connectivity index (χ3n) is 4.36. The van der Waals surface area contributed by atoms with Crippen LogP contribution in [0.5, 0.6) is 0 Å². The number of imide groups is 1. The standard InChI is InChI=1S/C19H19N3O3/c1-3-22(15-10-5-4-6-11-15)16(23)13-8-7-9-14(12-13)19(2)17(24)20-18(25)21-19/h4-12H,3H2,1-2H3,(H2,20,21,24,25)/t19-/m1/s1. The number of nitrogens with one attached hydrogen (secondary N) is 2. The van der Waals surface area contributed by atoms with Crippen molar-refractivity contribution in [2.75, 3.05) is 11.4 Å². The molecule has 6 heteroatoms.